The van der Waals surface area contributed by atoms with E-state index in [1.807, 2.05) is 11.9 Å². The molecule has 2 rings (SSSR count). The van der Waals surface area contributed by atoms with Gasteiger partial charge >= 0.3 is 0 Å². The molecule has 0 bridgehead atoms. The van der Waals surface area contributed by atoms with Crippen LogP contribution in [0.1, 0.15) is 23.3 Å². The molecule has 1 aliphatic heterocycles. The molecule has 1 aliphatic rings. The van der Waals surface area contributed by atoms with Crippen molar-refractivity contribution in [2.45, 2.75) is 12.8 Å². The third kappa shape index (κ3) is 2.38. The summed E-state index contributed by atoms with van der Waals surface area (Å²) in [4.78, 5) is 13.8. The van der Waals surface area contributed by atoms with Crippen LogP contribution in [0.3, 0.4) is 0 Å². The number of hydrogen-bond donors (Lipinski definition) is 2. The van der Waals surface area contributed by atoms with E-state index in [0.29, 0.717) is 11.6 Å². The molecule has 0 saturated carbocycles. The van der Waals surface area contributed by atoms with Crippen LogP contribution in [0.25, 0.3) is 0 Å². The highest BCUT2D eigenvalue weighted by molar-refractivity contribution is 5.91. The molecule has 1 aromatic heterocycles. The lowest BCUT2D eigenvalue weighted by Crippen LogP contribution is -2.40. The lowest BCUT2D eigenvalue weighted by atomic mass is 9.97. The number of hydrogen-bond acceptors (Lipinski definition) is 4. The quantitative estimate of drug-likeness (QED) is 0.749. The Balaban J connectivity index is 1.87. The topological polar surface area (TPSA) is 73.9 Å². The van der Waals surface area contributed by atoms with E-state index in [9.17, 15) is 4.79 Å². The van der Waals surface area contributed by atoms with Crippen LogP contribution >= 0.6 is 0 Å². The van der Waals surface area contributed by atoms with E-state index in [4.69, 9.17) is 0 Å². The molecule has 0 atom stereocenters. The van der Waals surface area contributed by atoms with Gasteiger partial charge in [0, 0.05) is 13.1 Å². The molecule has 0 spiro atoms. The van der Waals surface area contributed by atoms with Crippen molar-refractivity contribution in [3.63, 3.8) is 0 Å². The van der Waals surface area contributed by atoms with E-state index in [1.54, 1.807) is 0 Å². The number of nitrogens with one attached hydrogen (secondary N) is 2. The SMILES string of the molecule is CNCC1CCN(C(=O)c2cn[nH]n2)CC1. The Labute approximate surface area is 94.4 Å². The van der Waals surface area contributed by atoms with Gasteiger partial charge in [0.25, 0.3) is 5.91 Å². The van der Waals surface area contributed by atoms with Gasteiger partial charge in [-0.05, 0) is 32.4 Å². The van der Waals surface area contributed by atoms with E-state index >= 15 is 0 Å². The maximum Gasteiger partial charge on any atom is 0.276 e. The zero-order valence-electron chi connectivity index (χ0n) is 9.44. The number of aromatic amines is 1. The molecule has 2 N–H and O–H groups in total. The summed E-state index contributed by atoms with van der Waals surface area (Å²) in [5.41, 5.74) is 0.409. The first-order valence-corrected chi connectivity index (χ1v) is 5.61. The van der Waals surface area contributed by atoms with Crippen LogP contribution in [0.4, 0.5) is 0 Å². The highest BCUT2D eigenvalue weighted by atomic mass is 16.2. The Bertz CT molecular complexity index is 329. The lowest BCUT2D eigenvalue weighted by molar-refractivity contribution is 0.0685. The molecule has 0 aromatic carbocycles. The highest BCUT2D eigenvalue weighted by Gasteiger charge is 2.24. The van der Waals surface area contributed by atoms with Crippen molar-refractivity contribution in [1.82, 2.24) is 25.6 Å². The molecular weight excluding hydrogens is 206 g/mol. The number of nitrogens with zero attached hydrogens (tertiary/aromatic N) is 3. The first kappa shape index (κ1) is 11.1. The number of carbonyl (C=O) groups is 1. The van der Waals surface area contributed by atoms with E-state index in [-0.39, 0.29) is 5.91 Å². The van der Waals surface area contributed by atoms with Gasteiger partial charge in [-0.2, -0.15) is 15.4 Å². The summed E-state index contributed by atoms with van der Waals surface area (Å²) in [5, 5.41) is 13.1. The molecule has 6 heteroatoms. The summed E-state index contributed by atoms with van der Waals surface area (Å²) in [5.74, 6) is 0.669. The van der Waals surface area contributed by atoms with Gasteiger partial charge in [-0.1, -0.05) is 0 Å². The Morgan fingerprint density at radius 3 is 2.94 bits per heavy atom. The molecule has 1 aromatic rings. The van der Waals surface area contributed by atoms with Crippen molar-refractivity contribution in [1.29, 1.82) is 0 Å². The summed E-state index contributed by atoms with van der Waals surface area (Å²) in [6.07, 6.45) is 3.59. The molecule has 88 valence electrons. The van der Waals surface area contributed by atoms with Gasteiger partial charge in [0.1, 0.15) is 0 Å². The van der Waals surface area contributed by atoms with Gasteiger partial charge < -0.3 is 10.2 Å². The molecule has 0 unspecified atom stereocenters. The number of aromatic nitrogens is 3. The Hall–Kier alpha value is -1.43. The lowest BCUT2D eigenvalue weighted by Gasteiger charge is -2.31. The summed E-state index contributed by atoms with van der Waals surface area (Å²) < 4.78 is 0. The fourth-order valence-electron chi connectivity index (χ4n) is 2.10. The predicted octanol–water partition coefficient (Wildman–Crippen LogP) is -0.124. The summed E-state index contributed by atoms with van der Waals surface area (Å²) >= 11 is 0. The molecular formula is C10H17N5O. The van der Waals surface area contributed by atoms with Gasteiger partial charge in [-0.25, -0.2) is 0 Å². The van der Waals surface area contributed by atoms with Gasteiger partial charge in [0.05, 0.1) is 6.20 Å². The maximum atomic E-state index is 11.9. The second-order valence-electron chi connectivity index (χ2n) is 4.15. The normalized spacial score (nSPS) is 17.7. The van der Waals surface area contributed by atoms with Crippen LogP contribution in [-0.4, -0.2) is 52.9 Å². The molecule has 1 fully saturated rings. The fraction of sp³-hybridized carbons (Fsp3) is 0.700. The average Bonchev–Trinajstić information content (AvgIpc) is 2.83. The van der Waals surface area contributed by atoms with Crippen molar-refractivity contribution in [3.8, 4) is 0 Å². The second-order valence-corrected chi connectivity index (χ2v) is 4.15. The minimum absolute atomic E-state index is 0.0170. The molecule has 2 heterocycles. The highest BCUT2D eigenvalue weighted by Crippen LogP contribution is 2.17. The number of piperidine rings is 1. The number of likely N-dealkylation sites (tertiary alicyclic amines) is 1. The van der Waals surface area contributed by atoms with E-state index in [1.165, 1.54) is 6.20 Å². The second kappa shape index (κ2) is 5.07. The zero-order chi connectivity index (χ0) is 11.4. The van der Waals surface area contributed by atoms with Gasteiger partial charge in [0.15, 0.2) is 5.69 Å². The minimum Gasteiger partial charge on any atom is -0.337 e. The smallest absolute Gasteiger partial charge is 0.276 e. The predicted molar refractivity (Wildman–Crippen MR) is 58.9 cm³/mol. The fourth-order valence-corrected chi connectivity index (χ4v) is 2.10. The molecule has 0 radical (unpaired) electrons. The average molecular weight is 223 g/mol. The summed E-state index contributed by atoms with van der Waals surface area (Å²) in [6, 6.07) is 0. The Morgan fingerprint density at radius 1 is 1.62 bits per heavy atom. The Morgan fingerprint density at radius 2 is 2.38 bits per heavy atom. The minimum atomic E-state index is -0.0170. The van der Waals surface area contributed by atoms with Gasteiger partial charge in [-0.3, -0.25) is 4.79 Å². The molecule has 6 nitrogen and oxygen atoms in total. The molecule has 1 amide bonds. The van der Waals surface area contributed by atoms with Crippen molar-refractivity contribution in [2.24, 2.45) is 5.92 Å². The number of amides is 1. The Kier molecular flexibility index (Phi) is 3.51. The number of carbonyl (C=O) groups excluding carboxylic acids is 1. The van der Waals surface area contributed by atoms with Crippen molar-refractivity contribution < 1.29 is 4.79 Å². The molecule has 1 saturated heterocycles. The standard InChI is InChI=1S/C10H17N5O/c1-11-6-8-2-4-15(5-3-8)10(16)9-7-12-14-13-9/h7-8,11H,2-6H2,1H3,(H,12,13,14). The van der Waals surface area contributed by atoms with Crippen molar-refractivity contribution >= 4 is 5.91 Å². The van der Waals surface area contributed by atoms with Gasteiger partial charge in [0.2, 0.25) is 0 Å². The van der Waals surface area contributed by atoms with Crippen LogP contribution in [0.5, 0.6) is 0 Å². The monoisotopic (exact) mass is 223 g/mol. The van der Waals surface area contributed by atoms with E-state index in [2.05, 4.69) is 20.7 Å². The van der Waals surface area contributed by atoms with Crippen LogP contribution in [0.15, 0.2) is 6.20 Å². The van der Waals surface area contributed by atoms with Crippen molar-refractivity contribution in [2.75, 3.05) is 26.7 Å². The third-order valence-corrected chi connectivity index (χ3v) is 3.03. The van der Waals surface area contributed by atoms with Crippen LogP contribution in [0, 0.1) is 5.92 Å². The largest absolute Gasteiger partial charge is 0.337 e. The van der Waals surface area contributed by atoms with Crippen molar-refractivity contribution in [3.05, 3.63) is 11.9 Å². The maximum absolute atomic E-state index is 11.9. The zero-order valence-corrected chi connectivity index (χ0v) is 9.44. The van der Waals surface area contributed by atoms with Crippen LogP contribution < -0.4 is 5.32 Å². The summed E-state index contributed by atoms with van der Waals surface area (Å²) in [6.45, 7) is 2.67. The van der Waals surface area contributed by atoms with Crippen LogP contribution in [0.2, 0.25) is 0 Å². The first-order valence-electron chi connectivity index (χ1n) is 5.61. The first-order chi connectivity index (χ1) is 7.81. The molecule has 0 aliphatic carbocycles. The van der Waals surface area contributed by atoms with Gasteiger partial charge in [-0.15, -0.1) is 0 Å². The van der Waals surface area contributed by atoms with E-state index < -0.39 is 0 Å². The molecule has 16 heavy (non-hydrogen) atoms. The van der Waals surface area contributed by atoms with Crippen LogP contribution in [-0.2, 0) is 0 Å². The van der Waals surface area contributed by atoms with E-state index in [0.717, 1.165) is 32.5 Å². The third-order valence-electron chi connectivity index (χ3n) is 3.03. The number of rotatable bonds is 3. The summed E-state index contributed by atoms with van der Waals surface area (Å²) in [7, 11) is 1.97. The number of H-pyrrole nitrogens is 1.